The highest BCUT2D eigenvalue weighted by atomic mass is 16.2. The van der Waals surface area contributed by atoms with Gasteiger partial charge < -0.3 is 16.0 Å². The van der Waals surface area contributed by atoms with Gasteiger partial charge in [-0.15, -0.1) is 0 Å². The second kappa shape index (κ2) is 6.84. The van der Waals surface area contributed by atoms with Crippen LogP contribution in [0, 0.1) is 0 Å². The van der Waals surface area contributed by atoms with E-state index in [4.69, 9.17) is 5.73 Å². The smallest absolute Gasteiger partial charge is 0.272 e. The topological polar surface area (TPSA) is 93.2 Å². The molecule has 1 aromatic heterocycles. The summed E-state index contributed by atoms with van der Waals surface area (Å²) in [7, 11) is 1.78. The quantitative estimate of drug-likeness (QED) is 0.819. The molecular formula is C17H21N5O2. The van der Waals surface area contributed by atoms with Crippen molar-refractivity contribution >= 4 is 11.8 Å². The van der Waals surface area contributed by atoms with E-state index in [2.05, 4.69) is 10.4 Å². The lowest BCUT2D eigenvalue weighted by molar-refractivity contribution is 0.0816. The molecule has 3 N–H and O–H groups in total. The molecule has 0 radical (unpaired) electrons. The predicted octanol–water partition coefficient (Wildman–Crippen LogP) is 0.748. The molecule has 126 valence electrons. The van der Waals surface area contributed by atoms with E-state index in [1.165, 1.54) is 0 Å². The number of rotatable bonds is 6. The van der Waals surface area contributed by atoms with Crippen molar-refractivity contribution in [2.75, 3.05) is 13.6 Å². The lowest BCUT2D eigenvalue weighted by atomic mass is 10.1. The molecule has 0 fully saturated rings. The maximum Gasteiger partial charge on any atom is 0.272 e. The number of carbonyl (C=O) groups excluding carboxylic acids is 2. The molecule has 0 unspecified atom stereocenters. The summed E-state index contributed by atoms with van der Waals surface area (Å²) >= 11 is 0. The molecule has 1 aromatic carbocycles. The van der Waals surface area contributed by atoms with E-state index < -0.39 is 0 Å². The van der Waals surface area contributed by atoms with Crippen LogP contribution in [-0.4, -0.2) is 40.1 Å². The van der Waals surface area contributed by atoms with Crippen molar-refractivity contribution in [3.8, 4) is 0 Å². The molecule has 7 heteroatoms. The Bertz CT molecular complexity index is 768. The van der Waals surface area contributed by atoms with E-state index in [1.807, 2.05) is 18.2 Å². The fourth-order valence-electron chi connectivity index (χ4n) is 2.74. The zero-order valence-electron chi connectivity index (χ0n) is 13.7. The number of hydrogen-bond donors (Lipinski definition) is 2. The second-order valence-electron chi connectivity index (χ2n) is 5.94. The van der Waals surface area contributed by atoms with Crippen LogP contribution in [0.1, 0.15) is 38.4 Å². The molecule has 0 aliphatic carbocycles. The summed E-state index contributed by atoms with van der Waals surface area (Å²) in [5.41, 5.74) is 8.48. The molecular weight excluding hydrogens is 306 g/mol. The van der Waals surface area contributed by atoms with Crippen molar-refractivity contribution in [2.24, 2.45) is 5.73 Å². The number of aromatic nitrogens is 2. The SMILES string of the molecule is CN1Cc2ccc(CNC(=O)c3ccn(CCCN)n3)cc2C1=O. The maximum absolute atomic E-state index is 12.2. The highest BCUT2D eigenvalue weighted by Gasteiger charge is 2.24. The first-order valence-electron chi connectivity index (χ1n) is 7.97. The van der Waals surface area contributed by atoms with Crippen LogP contribution in [0.2, 0.25) is 0 Å². The minimum Gasteiger partial charge on any atom is -0.347 e. The van der Waals surface area contributed by atoms with Crippen molar-refractivity contribution in [1.29, 1.82) is 0 Å². The first-order valence-corrected chi connectivity index (χ1v) is 7.97. The standard InChI is InChI=1S/C17H21N5O2/c1-21-11-13-4-3-12(9-14(13)17(21)24)10-19-16(23)15-5-8-22(20-15)7-2-6-18/h3-5,8-9H,2,6-7,10-11,18H2,1H3,(H,19,23). The number of amides is 2. The number of fused-ring (bicyclic) bond motifs is 1. The van der Waals surface area contributed by atoms with Crippen LogP contribution in [0.4, 0.5) is 0 Å². The predicted molar refractivity (Wildman–Crippen MR) is 89.3 cm³/mol. The van der Waals surface area contributed by atoms with Crippen LogP contribution in [0.3, 0.4) is 0 Å². The Morgan fingerprint density at radius 2 is 2.21 bits per heavy atom. The largest absolute Gasteiger partial charge is 0.347 e. The van der Waals surface area contributed by atoms with Gasteiger partial charge in [-0.3, -0.25) is 14.3 Å². The Balaban J connectivity index is 1.61. The molecule has 0 saturated heterocycles. The number of carbonyl (C=O) groups is 2. The zero-order chi connectivity index (χ0) is 17.1. The van der Waals surface area contributed by atoms with Crippen molar-refractivity contribution in [3.63, 3.8) is 0 Å². The van der Waals surface area contributed by atoms with Gasteiger partial charge in [0.15, 0.2) is 0 Å². The second-order valence-corrected chi connectivity index (χ2v) is 5.94. The van der Waals surface area contributed by atoms with Gasteiger partial charge in [-0.05, 0) is 36.2 Å². The number of hydrogen-bond acceptors (Lipinski definition) is 4. The van der Waals surface area contributed by atoms with Crippen molar-refractivity contribution in [2.45, 2.75) is 26.1 Å². The van der Waals surface area contributed by atoms with Gasteiger partial charge in [-0.1, -0.05) is 12.1 Å². The third-order valence-electron chi connectivity index (χ3n) is 4.08. The zero-order valence-corrected chi connectivity index (χ0v) is 13.7. The Hall–Kier alpha value is -2.67. The lowest BCUT2D eigenvalue weighted by Gasteiger charge is -2.06. The third kappa shape index (κ3) is 3.30. The molecule has 0 spiro atoms. The van der Waals surface area contributed by atoms with Crippen LogP contribution < -0.4 is 11.1 Å². The average Bonchev–Trinajstić information content (AvgIpc) is 3.16. The summed E-state index contributed by atoms with van der Waals surface area (Å²) in [5.74, 6) is -0.206. The van der Waals surface area contributed by atoms with Gasteiger partial charge in [0.05, 0.1) is 0 Å². The number of nitrogens with zero attached hydrogens (tertiary/aromatic N) is 3. The van der Waals surface area contributed by atoms with Gasteiger partial charge >= 0.3 is 0 Å². The molecule has 3 rings (SSSR count). The number of nitrogens with two attached hydrogens (primary N) is 1. The minimum atomic E-state index is -0.231. The van der Waals surface area contributed by atoms with Crippen LogP contribution in [-0.2, 0) is 19.6 Å². The number of benzene rings is 1. The highest BCUT2D eigenvalue weighted by molar-refractivity contribution is 5.98. The van der Waals surface area contributed by atoms with E-state index >= 15 is 0 Å². The molecule has 0 saturated carbocycles. The summed E-state index contributed by atoms with van der Waals surface area (Å²) < 4.78 is 1.71. The van der Waals surface area contributed by atoms with Gasteiger partial charge in [-0.25, -0.2) is 0 Å². The van der Waals surface area contributed by atoms with E-state index in [0.717, 1.165) is 23.1 Å². The fourth-order valence-corrected chi connectivity index (χ4v) is 2.74. The summed E-state index contributed by atoms with van der Waals surface area (Å²) in [6.45, 7) is 2.29. The van der Waals surface area contributed by atoms with E-state index in [1.54, 1.807) is 28.9 Å². The van der Waals surface area contributed by atoms with Crippen molar-refractivity contribution in [1.82, 2.24) is 20.0 Å². The Kier molecular flexibility index (Phi) is 4.61. The molecule has 1 aliphatic rings. The monoisotopic (exact) mass is 327 g/mol. The summed E-state index contributed by atoms with van der Waals surface area (Å²) in [6.07, 6.45) is 2.59. The van der Waals surface area contributed by atoms with Gasteiger partial charge in [0, 0.05) is 38.4 Å². The van der Waals surface area contributed by atoms with Crippen molar-refractivity contribution in [3.05, 3.63) is 52.8 Å². The Morgan fingerprint density at radius 3 is 3.00 bits per heavy atom. The Labute approximate surface area is 140 Å². The summed E-state index contributed by atoms with van der Waals surface area (Å²) in [5, 5.41) is 7.07. The van der Waals surface area contributed by atoms with Gasteiger partial charge in [-0.2, -0.15) is 5.10 Å². The fraction of sp³-hybridized carbons (Fsp3) is 0.353. The first-order chi connectivity index (χ1) is 11.6. The molecule has 0 atom stereocenters. The summed E-state index contributed by atoms with van der Waals surface area (Å²) in [6, 6.07) is 7.42. The van der Waals surface area contributed by atoms with Gasteiger partial charge in [0.1, 0.15) is 5.69 Å². The minimum absolute atomic E-state index is 0.0248. The van der Waals surface area contributed by atoms with E-state index in [0.29, 0.717) is 31.9 Å². The molecule has 2 heterocycles. The van der Waals surface area contributed by atoms with Crippen LogP contribution >= 0.6 is 0 Å². The van der Waals surface area contributed by atoms with Crippen LogP contribution in [0.15, 0.2) is 30.5 Å². The Morgan fingerprint density at radius 1 is 1.38 bits per heavy atom. The van der Waals surface area contributed by atoms with Gasteiger partial charge in [0.25, 0.3) is 11.8 Å². The molecule has 2 aromatic rings. The highest BCUT2D eigenvalue weighted by Crippen LogP contribution is 2.22. The molecule has 7 nitrogen and oxygen atoms in total. The van der Waals surface area contributed by atoms with Crippen molar-refractivity contribution < 1.29 is 9.59 Å². The molecule has 2 amide bonds. The van der Waals surface area contributed by atoms with Crippen LogP contribution in [0.5, 0.6) is 0 Å². The first kappa shape index (κ1) is 16.2. The number of nitrogens with one attached hydrogen (secondary N) is 1. The normalized spacial score (nSPS) is 13.2. The number of aryl methyl sites for hydroxylation is 1. The molecule has 24 heavy (non-hydrogen) atoms. The molecule has 0 bridgehead atoms. The van der Waals surface area contributed by atoms with Gasteiger partial charge in [0.2, 0.25) is 0 Å². The molecule has 1 aliphatic heterocycles. The maximum atomic E-state index is 12.2. The van der Waals surface area contributed by atoms with Crippen LogP contribution in [0.25, 0.3) is 0 Å². The third-order valence-corrected chi connectivity index (χ3v) is 4.08. The van der Waals surface area contributed by atoms with E-state index in [-0.39, 0.29) is 11.8 Å². The lowest BCUT2D eigenvalue weighted by Crippen LogP contribution is -2.23. The summed E-state index contributed by atoms with van der Waals surface area (Å²) in [4.78, 5) is 25.9. The average molecular weight is 327 g/mol. The van der Waals surface area contributed by atoms with E-state index in [9.17, 15) is 9.59 Å².